The molecule has 0 rings (SSSR count). The van der Waals surface area contributed by atoms with E-state index >= 15 is 0 Å². The fourth-order valence-corrected chi connectivity index (χ4v) is 7.85. The molecule has 0 N–H and O–H groups in total. The number of hydrogen-bond acceptors (Lipinski definition) is 2. The van der Waals surface area contributed by atoms with Crippen LogP contribution in [0.5, 0.6) is 0 Å². The van der Waals surface area contributed by atoms with Crippen molar-refractivity contribution in [2.45, 2.75) is 303 Å². The molecule has 0 amide bonds. The highest BCUT2D eigenvalue weighted by Crippen LogP contribution is 2.17. The summed E-state index contributed by atoms with van der Waals surface area (Å²) in [6.45, 7) is 5.23. The molecule has 306 valence electrons. The Morgan fingerprint density at radius 1 is 0.255 bits per heavy atom. The van der Waals surface area contributed by atoms with Gasteiger partial charge in [-0.25, -0.2) is 0 Å². The minimum Gasteiger partial charge on any atom is -0.466 e. The van der Waals surface area contributed by atoms with Crippen LogP contribution < -0.4 is 0 Å². The van der Waals surface area contributed by atoms with Gasteiger partial charge >= 0.3 is 5.97 Å². The maximum Gasteiger partial charge on any atom is 0.305 e. The first-order valence-corrected chi connectivity index (χ1v) is 24.5. The Labute approximate surface area is 324 Å². The van der Waals surface area contributed by atoms with Crippen molar-refractivity contribution in [1.29, 1.82) is 0 Å². The Balaban J connectivity index is 3.12. The van der Waals surface area contributed by atoms with Crippen molar-refractivity contribution in [3.05, 3.63) is 0 Å². The Bertz CT molecular complexity index is 615. The monoisotopic (exact) mass is 719 g/mol. The molecule has 0 heterocycles. The van der Waals surface area contributed by atoms with Gasteiger partial charge in [0.05, 0.1) is 6.61 Å². The summed E-state index contributed by atoms with van der Waals surface area (Å²) in [5.74, 6) is 0.0318. The second-order valence-corrected chi connectivity index (χ2v) is 16.8. The minimum atomic E-state index is 0.0318. The fraction of sp³-hybridized carbons (Fsp3) is 0.980. The molecular weight excluding hydrogens is 621 g/mol. The van der Waals surface area contributed by atoms with Crippen molar-refractivity contribution in [3.63, 3.8) is 0 Å². The second-order valence-electron chi connectivity index (χ2n) is 16.8. The van der Waals surface area contributed by atoms with Crippen LogP contribution in [-0.4, -0.2) is 12.6 Å². The minimum absolute atomic E-state index is 0.0318. The number of carbonyl (C=O) groups is 1. The van der Waals surface area contributed by atoms with E-state index in [-0.39, 0.29) is 5.97 Å². The summed E-state index contributed by atoms with van der Waals surface area (Å²) in [5, 5.41) is 0. The zero-order valence-corrected chi connectivity index (χ0v) is 35.8. The number of hydrogen-bond donors (Lipinski definition) is 0. The van der Waals surface area contributed by atoms with E-state index in [4.69, 9.17) is 4.74 Å². The molecule has 51 heavy (non-hydrogen) atoms. The van der Waals surface area contributed by atoms with E-state index in [2.05, 4.69) is 13.8 Å². The largest absolute Gasteiger partial charge is 0.466 e. The molecule has 0 saturated heterocycles. The Morgan fingerprint density at radius 2 is 0.431 bits per heavy atom. The van der Waals surface area contributed by atoms with Crippen LogP contribution >= 0.6 is 0 Å². The van der Waals surface area contributed by atoms with Gasteiger partial charge in [-0.3, -0.25) is 4.79 Å². The van der Waals surface area contributed by atoms with Gasteiger partial charge in [-0.1, -0.05) is 284 Å². The van der Waals surface area contributed by atoms with E-state index in [1.54, 1.807) is 0 Å². The van der Waals surface area contributed by atoms with Gasteiger partial charge in [-0.2, -0.15) is 0 Å². The van der Waals surface area contributed by atoms with E-state index in [1.807, 2.05) is 0 Å². The van der Waals surface area contributed by atoms with Crippen molar-refractivity contribution in [2.75, 3.05) is 6.61 Å². The van der Waals surface area contributed by atoms with Crippen LogP contribution in [0, 0.1) is 0 Å². The van der Waals surface area contributed by atoms with Crippen molar-refractivity contribution >= 4 is 5.97 Å². The maximum atomic E-state index is 12.0. The molecule has 0 aromatic heterocycles. The van der Waals surface area contributed by atoms with Crippen LogP contribution in [0.4, 0.5) is 0 Å². The standard InChI is InChI=1S/C49H98O2/c1-3-5-7-9-11-13-15-17-18-19-20-21-22-23-24-25-26-27-28-29-30-31-32-33-34-35-37-39-41-43-45-47-49(50)51-48-46-44-42-40-38-36-16-14-12-10-8-6-4-2/h3-48H2,1-2H3. The molecule has 0 spiro atoms. The molecule has 0 aliphatic rings. The van der Waals surface area contributed by atoms with Crippen molar-refractivity contribution < 1.29 is 9.53 Å². The van der Waals surface area contributed by atoms with Gasteiger partial charge in [0.1, 0.15) is 0 Å². The summed E-state index contributed by atoms with van der Waals surface area (Å²) in [6.07, 6.45) is 62.4. The molecule has 0 unspecified atom stereocenters. The van der Waals surface area contributed by atoms with Gasteiger partial charge in [0.2, 0.25) is 0 Å². The van der Waals surface area contributed by atoms with Gasteiger partial charge < -0.3 is 4.74 Å². The second kappa shape index (κ2) is 47.5. The highest BCUT2D eigenvalue weighted by molar-refractivity contribution is 5.69. The lowest BCUT2D eigenvalue weighted by Gasteiger charge is -2.06. The van der Waals surface area contributed by atoms with Crippen molar-refractivity contribution in [2.24, 2.45) is 0 Å². The van der Waals surface area contributed by atoms with E-state index in [0.717, 1.165) is 12.8 Å². The first kappa shape index (κ1) is 50.5. The molecule has 2 heteroatoms. The zero-order chi connectivity index (χ0) is 36.8. The topological polar surface area (TPSA) is 26.3 Å². The molecule has 0 aliphatic heterocycles. The Hall–Kier alpha value is -0.530. The van der Waals surface area contributed by atoms with Crippen LogP contribution in [0.2, 0.25) is 0 Å². The highest BCUT2D eigenvalue weighted by atomic mass is 16.5. The quantitative estimate of drug-likeness (QED) is 0.0463. The van der Waals surface area contributed by atoms with Gasteiger partial charge in [-0.15, -0.1) is 0 Å². The molecule has 0 bridgehead atoms. The Kier molecular flexibility index (Phi) is 47.0. The van der Waals surface area contributed by atoms with Gasteiger partial charge in [0, 0.05) is 6.42 Å². The van der Waals surface area contributed by atoms with Gasteiger partial charge in [0.25, 0.3) is 0 Å². The molecule has 0 radical (unpaired) electrons. The SMILES string of the molecule is CCCCCCCCCCCCCCCCCCCCCCCCCCCCCCCCCC(=O)OCCCCCCCCCCCCCCC. The lowest BCUT2D eigenvalue weighted by Crippen LogP contribution is -2.05. The number of rotatable bonds is 46. The van der Waals surface area contributed by atoms with Crippen LogP contribution in [-0.2, 0) is 9.53 Å². The zero-order valence-electron chi connectivity index (χ0n) is 35.8. The maximum absolute atomic E-state index is 12.0. The third kappa shape index (κ3) is 47.4. The summed E-state index contributed by atoms with van der Waals surface area (Å²) >= 11 is 0. The lowest BCUT2D eigenvalue weighted by molar-refractivity contribution is -0.143. The summed E-state index contributed by atoms with van der Waals surface area (Å²) < 4.78 is 5.47. The van der Waals surface area contributed by atoms with E-state index in [9.17, 15) is 4.79 Å². The first-order valence-electron chi connectivity index (χ1n) is 24.5. The highest BCUT2D eigenvalue weighted by Gasteiger charge is 2.03. The molecule has 2 nitrogen and oxygen atoms in total. The predicted molar refractivity (Wildman–Crippen MR) is 230 cm³/mol. The molecule has 0 atom stereocenters. The van der Waals surface area contributed by atoms with Crippen LogP contribution in [0.3, 0.4) is 0 Å². The van der Waals surface area contributed by atoms with Gasteiger partial charge in [0.15, 0.2) is 0 Å². The van der Waals surface area contributed by atoms with Crippen LogP contribution in [0.1, 0.15) is 303 Å². The van der Waals surface area contributed by atoms with Crippen molar-refractivity contribution in [3.8, 4) is 0 Å². The normalized spacial score (nSPS) is 11.5. The number of ether oxygens (including phenoxy) is 1. The Morgan fingerprint density at radius 3 is 0.647 bits per heavy atom. The fourth-order valence-electron chi connectivity index (χ4n) is 7.85. The average Bonchev–Trinajstić information content (AvgIpc) is 3.14. The van der Waals surface area contributed by atoms with Gasteiger partial charge in [-0.05, 0) is 12.8 Å². The van der Waals surface area contributed by atoms with Crippen LogP contribution in [0.15, 0.2) is 0 Å². The molecule has 0 aliphatic carbocycles. The summed E-state index contributed by atoms with van der Waals surface area (Å²) in [4.78, 5) is 12.0. The van der Waals surface area contributed by atoms with E-state index < -0.39 is 0 Å². The van der Waals surface area contributed by atoms with E-state index in [1.165, 1.54) is 270 Å². The third-order valence-electron chi connectivity index (χ3n) is 11.5. The number of esters is 1. The molecule has 0 aromatic rings. The number of unbranched alkanes of at least 4 members (excludes halogenated alkanes) is 42. The summed E-state index contributed by atoms with van der Waals surface area (Å²) in [7, 11) is 0. The summed E-state index contributed by atoms with van der Waals surface area (Å²) in [6, 6.07) is 0. The van der Waals surface area contributed by atoms with Crippen LogP contribution in [0.25, 0.3) is 0 Å². The lowest BCUT2D eigenvalue weighted by atomic mass is 10.0. The molecule has 0 fully saturated rings. The molecule has 0 saturated carbocycles. The van der Waals surface area contributed by atoms with Crippen molar-refractivity contribution in [1.82, 2.24) is 0 Å². The van der Waals surface area contributed by atoms with E-state index in [0.29, 0.717) is 13.0 Å². The summed E-state index contributed by atoms with van der Waals surface area (Å²) in [5.41, 5.74) is 0. The predicted octanol–water partition coefficient (Wildman–Crippen LogP) is 18.1. The third-order valence-corrected chi connectivity index (χ3v) is 11.5. The average molecular weight is 719 g/mol. The molecular formula is C49H98O2. The molecule has 0 aromatic carbocycles. The number of carbonyl (C=O) groups excluding carboxylic acids is 1. The smallest absolute Gasteiger partial charge is 0.305 e. The first-order chi connectivity index (χ1) is 25.3.